The molecule has 13 heteroatoms. The van der Waals surface area contributed by atoms with Crippen molar-refractivity contribution >= 4 is 67.1 Å². The number of carbonyl (C=O) groups is 4. The van der Waals surface area contributed by atoms with Crippen LogP contribution in [0.5, 0.6) is 0 Å². The van der Waals surface area contributed by atoms with Crippen LogP contribution in [0.1, 0.15) is 48.0 Å². The molecule has 3 amide bonds. The molecule has 1 aromatic carbocycles. The van der Waals surface area contributed by atoms with E-state index in [1.54, 1.807) is 39.0 Å². The molecule has 3 rings (SSSR count). The SMILES string of the molecule is CC(C)(C)OC(=O)N[C@@H]1CCN(c2cc(C(=O)NCC(=O)O)ccc2NC(=O)c2cc(Br)c(Br)[nH]2)C1. The van der Waals surface area contributed by atoms with Gasteiger partial charge in [0.05, 0.1) is 26.5 Å². The molecule has 0 bridgehead atoms. The van der Waals surface area contributed by atoms with E-state index in [0.717, 1.165) is 0 Å². The number of halogens is 2. The lowest BCUT2D eigenvalue weighted by molar-refractivity contribution is -0.135. The number of nitrogens with zero attached hydrogens (tertiary/aromatic N) is 1. The van der Waals surface area contributed by atoms with Crippen LogP contribution < -0.4 is 20.9 Å². The molecule has 0 saturated carbocycles. The quantitative estimate of drug-likeness (QED) is 0.313. The van der Waals surface area contributed by atoms with Crippen LogP contribution in [0.3, 0.4) is 0 Å². The molecular weight excluding hydrogens is 602 g/mol. The third-order valence-electron chi connectivity index (χ3n) is 5.13. The second kappa shape index (κ2) is 11.3. The summed E-state index contributed by atoms with van der Waals surface area (Å²) in [6, 6.07) is 6.10. The number of ether oxygens (including phenoxy) is 1. The van der Waals surface area contributed by atoms with Crippen molar-refractivity contribution < 1.29 is 29.0 Å². The van der Waals surface area contributed by atoms with Crippen molar-refractivity contribution in [1.82, 2.24) is 15.6 Å². The van der Waals surface area contributed by atoms with Crippen LogP contribution in [0.25, 0.3) is 0 Å². The summed E-state index contributed by atoms with van der Waals surface area (Å²) >= 11 is 6.65. The summed E-state index contributed by atoms with van der Waals surface area (Å²) in [5.74, 6) is -2.11. The number of aromatic amines is 1. The number of hydrogen-bond donors (Lipinski definition) is 5. The molecule has 0 radical (unpaired) electrons. The Balaban J connectivity index is 1.82. The van der Waals surface area contributed by atoms with Crippen LogP contribution in [-0.2, 0) is 9.53 Å². The van der Waals surface area contributed by atoms with Gasteiger partial charge in [-0.2, -0.15) is 0 Å². The Bertz CT molecular complexity index is 1160. The van der Waals surface area contributed by atoms with Gasteiger partial charge in [0, 0.05) is 18.7 Å². The molecule has 2 aromatic rings. The van der Waals surface area contributed by atoms with Gasteiger partial charge in [0.2, 0.25) is 0 Å². The third-order valence-corrected chi connectivity index (χ3v) is 6.91. The topological polar surface area (TPSA) is 153 Å². The highest BCUT2D eigenvalue weighted by atomic mass is 79.9. The van der Waals surface area contributed by atoms with E-state index in [1.165, 1.54) is 6.07 Å². The lowest BCUT2D eigenvalue weighted by Crippen LogP contribution is -2.40. The number of hydrogen-bond acceptors (Lipinski definition) is 6. The number of amides is 3. The van der Waals surface area contributed by atoms with E-state index < -0.39 is 36.0 Å². The van der Waals surface area contributed by atoms with E-state index in [-0.39, 0.29) is 11.6 Å². The molecule has 1 aliphatic rings. The number of carbonyl (C=O) groups excluding carboxylic acids is 3. The fourth-order valence-corrected chi connectivity index (χ4v) is 4.24. The first-order valence-corrected chi connectivity index (χ1v) is 12.6. The van der Waals surface area contributed by atoms with Gasteiger partial charge < -0.3 is 35.7 Å². The number of rotatable bonds is 7. The molecule has 0 spiro atoms. The normalized spacial score (nSPS) is 15.4. The number of anilines is 2. The van der Waals surface area contributed by atoms with Crippen LogP contribution in [0, 0.1) is 0 Å². The number of carboxylic acids is 1. The Morgan fingerprint density at radius 1 is 1.17 bits per heavy atom. The summed E-state index contributed by atoms with van der Waals surface area (Å²) in [6.45, 7) is 5.79. The van der Waals surface area contributed by atoms with Gasteiger partial charge in [0.1, 0.15) is 17.8 Å². The van der Waals surface area contributed by atoms with E-state index in [2.05, 4.69) is 52.8 Å². The van der Waals surface area contributed by atoms with E-state index in [4.69, 9.17) is 9.84 Å². The van der Waals surface area contributed by atoms with Gasteiger partial charge in [-0.25, -0.2) is 4.79 Å². The van der Waals surface area contributed by atoms with Crippen molar-refractivity contribution in [2.75, 3.05) is 29.9 Å². The van der Waals surface area contributed by atoms with Gasteiger partial charge in [-0.05, 0) is 83.3 Å². The maximum Gasteiger partial charge on any atom is 0.407 e. The number of H-pyrrole nitrogens is 1. The minimum Gasteiger partial charge on any atom is -0.480 e. The highest BCUT2D eigenvalue weighted by Crippen LogP contribution is 2.31. The Morgan fingerprint density at radius 3 is 2.50 bits per heavy atom. The molecule has 1 saturated heterocycles. The summed E-state index contributed by atoms with van der Waals surface area (Å²) in [7, 11) is 0. The zero-order valence-corrected chi connectivity index (χ0v) is 23.1. The van der Waals surface area contributed by atoms with Crippen molar-refractivity contribution in [3.63, 3.8) is 0 Å². The highest BCUT2D eigenvalue weighted by Gasteiger charge is 2.28. The number of nitrogens with one attached hydrogen (secondary N) is 4. The molecule has 2 heterocycles. The summed E-state index contributed by atoms with van der Waals surface area (Å²) < 4.78 is 6.64. The molecule has 1 aliphatic heterocycles. The number of aliphatic carboxylic acids is 1. The van der Waals surface area contributed by atoms with Crippen molar-refractivity contribution in [2.45, 2.75) is 38.8 Å². The standard InChI is InChI=1S/C23H27Br2N5O6/c1-23(2,3)36-22(35)27-13-6-7-30(11-13)17-8-12(20(33)26-10-18(31)32)4-5-15(17)29-21(34)16-9-14(24)19(25)28-16/h4-5,8-9,13,28H,6-7,10-11H2,1-3H3,(H,26,33)(H,27,35)(H,29,34)(H,31,32)/t13-/m1/s1. The molecule has 0 unspecified atom stereocenters. The monoisotopic (exact) mass is 627 g/mol. The summed E-state index contributed by atoms with van der Waals surface area (Å²) in [5, 5.41) is 16.9. The van der Waals surface area contributed by atoms with Gasteiger partial charge in [0.25, 0.3) is 11.8 Å². The van der Waals surface area contributed by atoms with Crippen LogP contribution in [0.2, 0.25) is 0 Å². The van der Waals surface area contributed by atoms with Crippen LogP contribution in [0.4, 0.5) is 16.2 Å². The second-order valence-electron chi connectivity index (χ2n) is 9.19. The average Bonchev–Trinajstić information content (AvgIpc) is 3.37. The van der Waals surface area contributed by atoms with Crippen molar-refractivity contribution in [3.05, 3.63) is 44.6 Å². The fraction of sp³-hybridized carbons (Fsp3) is 0.391. The Labute approximate surface area is 224 Å². The van der Waals surface area contributed by atoms with Crippen molar-refractivity contribution in [1.29, 1.82) is 0 Å². The van der Waals surface area contributed by atoms with Gasteiger partial charge in [-0.1, -0.05) is 0 Å². The molecule has 36 heavy (non-hydrogen) atoms. The summed E-state index contributed by atoms with van der Waals surface area (Å²) in [5.41, 5.74) is 0.935. The van der Waals surface area contributed by atoms with E-state index >= 15 is 0 Å². The van der Waals surface area contributed by atoms with Gasteiger partial charge in [-0.15, -0.1) is 0 Å². The Kier molecular flexibility index (Phi) is 8.67. The van der Waals surface area contributed by atoms with Crippen LogP contribution >= 0.6 is 31.9 Å². The van der Waals surface area contributed by atoms with Gasteiger partial charge in [-0.3, -0.25) is 14.4 Å². The molecule has 1 aromatic heterocycles. The number of alkyl carbamates (subject to hydrolysis) is 1. The Morgan fingerprint density at radius 2 is 1.89 bits per heavy atom. The minimum atomic E-state index is -1.16. The van der Waals surface area contributed by atoms with E-state index in [0.29, 0.717) is 45.7 Å². The maximum atomic E-state index is 12.9. The van der Waals surface area contributed by atoms with Crippen LogP contribution in [-0.4, -0.2) is 65.2 Å². The lowest BCUT2D eigenvalue weighted by atomic mass is 10.1. The first-order valence-electron chi connectivity index (χ1n) is 11.1. The number of aromatic nitrogens is 1. The second-order valence-corrected chi connectivity index (χ2v) is 10.8. The largest absolute Gasteiger partial charge is 0.480 e. The third kappa shape index (κ3) is 7.47. The van der Waals surface area contributed by atoms with Crippen LogP contribution in [0.15, 0.2) is 33.3 Å². The van der Waals surface area contributed by atoms with Gasteiger partial charge >= 0.3 is 12.1 Å². The molecule has 1 fully saturated rings. The van der Waals surface area contributed by atoms with Crippen molar-refractivity contribution in [3.8, 4) is 0 Å². The molecule has 1 atom stereocenters. The highest BCUT2D eigenvalue weighted by molar-refractivity contribution is 9.13. The molecule has 194 valence electrons. The molecule has 11 nitrogen and oxygen atoms in total. The summed E-state index contributed by atoms with van der Waals surface area (Å²) in [6.07, 6.45) is 0.103. The zero-order chi connectivity index (χ0) is 26.6. The first-order chi connectivity index (χ1) is 16.8. The molecular formula is C23H27Br2N5O6. The number of benzene rings is 1. The Hall–Kier alpha value is -3.06. The molecule has 5 N–H and O–H groups in total. The predicted octanol–water partition coefficient (Wildman–Crippen LogP) is 3.71. The lowest BCUT2D eigenvalue weighted by Gasteiger charge is -2.24. The van der Waals surface area contributed by atoms with E-state index in [9.17, 15) is 19.2 Å². The zero-order valence-electron chi connectivity index (χ0n) is 19.9. The molecule has 0 aliphatic carbocycles. The summed E-state index contributed by atoms with van der Waals surface area (Å²) in [4.78, 5) is 53.2. The minimum absolute atomic E-state index is 0.205. The average molecular weight is 629 g/mol. The number of carboxylic acid groups (broad SMARTS) is 1. The smallest absolute Gasteiger partial charge is 0.407 e. The van der Waals surface area contributed by atoms with Crippen molar-refractivity contribution in [2.24, 2.45) is 0 Å². The fourth-order valence-electron chi connectivity index (χ4n) is 3.59. The first kappa shape index (κ1) is 27.5. The maximum absolute atomic E-state index is 12.9. The predicted molar refractivity (Wildman–Crippen MR) is 141 cm³/mol. The van der Waals surface area contributed by atoms with Gasteiger partial charge in [0.15, 0.2) is 0 Å². The van der Waals surface area contributed by atoms with E-state index in [1.807, 2.05) is 4.90 Å².